The Balaban J connectivity index is 1.75. The quantitative estimate of drug-likeness (QED) is 0.715. The summed E-state index contributed by atoms with van der Waals surface area (Å²) in [5.41, 5.74) is 3.04. The Hall–Kier alpha value is -2.47. The number of nitrogens with zero attached hydrogens (tertiary/aromatic N) is 1. The molecule has 0 radical (unpaired) electrons. The van der Waals surface area contributed by atoms with E-state index < -0.39 is 22.3 Å². The first-order valence-corrected chi connectivity index (χ1v) is 10.8. The largest absolute Gasteiger partial charge is 0.377 e. The maximum absolute atomic E-state index is 13.3. The van der Waals surface area contributed by atoms with E-state index in [0.29, 0.717) is 6.42 Å². The van der Waals surface area contributed by atoms with Crippen LogP contribution in [0.3, 0.4) is 0 Å². The molecule has 28 heavy (non-hydrogen) atoms. The van der Waals surface area contributed by atoms with Crippen molar-refractivity contribution in [1.82, 2.24) is 4.31 Å². The van der Waals surface area contributed by atoms with E-state index in [0.717, 1.165) is 16.7 Å². The highest BCUT2D eigenvalue weighted by atomic mass is 32.2. The average molecular weight is 394 g/mol. The number of aryl methyl sites for hydroxylation is 1. The molecule has 0 saturated carbocycles. The van der Waals surface area contributed by atoms with Gasteiger partial charge in [-0.2, -0.15) is 4.31 Å². The molecule has 1 saturated heterocycles. The predicted octanol–water partition coefficient (Wildman–Crippen LogP) is 3.92. The Morgan fingerprint density at radius 1 is 0.857 bits per heavy atom. The van der Waals surface area contributed by atoms with Crippen molar-refractivity contribution in [3.8, 4) is 0 Å². The van der Waals surface area contributed by atoms with E-state index in [1.54, 1.807) is 30.3 Å². The molecular formula is C23H23NO3S. The van der Waals surface area contributed by atoms with Crippen molar-refractivity contribution in [3.63, 3.8) is 0 Å². The molecule has 1 aliphatic heterocycles. The Kier molecular flexibility index (Phi) is 5.06. The summed E-state index contributed by atoms with van der Waals surface area (Å²) in [5, 5.41) is 10.9. The molecular weight excluding hydrogens is 370 g/mol. The van der Waals surface area contributed by atoms with E-state index >= 15 is 0 Å². The molecule has 4 rings (SSSR count). The number of aliphatic hydroxyl groups is 1. The second kappa shape index (κ2) is 7.51. The fourth-order valence-electron chi connectivity index (χ4n) is 4.00. The SMILES string of the molecule is Cc1ccccc1[C@@H]1[C@@H](Cc2ccccc2)[C@H](O)N1S(=O)(=O)c1ccccc1. The van der Waals surface area contributed by atoms with E-state index in [4.69, 9.17) is 0 Å². The third-order valence-corrected chi connectivity index (χ3v) is 7.33. The molecule has 0 bridgehead atoms. The Morgan fingerprint density at radius 3 is 2.07 bits per heavy atom. The van der Waals surface area contributed by atoms with Crippen molar-refractivity contribution in [1.29, 1.82) is 0 Å². The van der Waals surface area contributed by atoms with E-state index in [9.17, 15) is 13.5 Å². The van der Waals surface area contributed by atoms with Gasteiger partial charge in [-0.05, 0) is 42.2 Å². The number of aliphatic hydroxyl groups excluding tert-OH is 1. The zero-order chi connectivity index (χ0) is 19.7. The minimum atomic E-state index is -3.81. The molecule has 3 aromatic carbocycles. The summed E-state index contributed by atoms with van der Waals surface area (Å²) < 4.78 is 27.8. The zero-order valence-electron chi connectivity index (χ0n) is 15.6. The van der Waals surface area contributed by atoms with Gasteiger partial charge in [0.2, 0.25) is 10.0 Å². The third kappa shape index (κ3) is 3.26. The van der Waals surface area contributed by atoms with Gasteiger partial charge in [-0.15, -0.1) is 0 Å². The van der Waals surface area contributed by atoms with Gasteiger partial charge in [-0.1, -0.05) is 72.8 Å². The number of sulfonamides is 1. The van der Waals surface area contributed by atoms with Crippen molar-refractivity contribution >= 4 is 10.0 Å². The maximum atomic E-state index is 13.3. The van der Waals surface area contributed by atoms with Crippen LogP contribution in [0.25, 0.3) is 0 Å². The molecule has 0 spiro atoms. The Morgan fingerprint density at radius 2 is 1.43 bits per heavy atom. The smallest absolute Gasteiger partial charge is 0.245 e. The van der Waals surface area contributed by atoms with Crippen LogP contribution in [0, 0.1) is 12.8 Å². The summed E-state index contributed by atoms with van der Waals surface area (Å²) in [6.45, 7) is 1.98. The van der Waals surface area contributed by atoms with Gasteiger partial charge in [-0.3, -0.25) is 0 Å². The molecule has 3 aromatic rings. The predicted molar refractivity (Wildman–Crippen MR) is 109 cm³/mol. The molecule has 5 heteroatoms. The number of benzene rings is 3. The van der Waals surface area contributed by atoms with Crippen LogP contribution in [0.4, 0.5) is 0 Å². The number of hydrogen-bond donors (Lipinski definition) is 1. The van der Waals surface area contributed by atoms with E-state index in [-0.39, 0.29) is 10.8 Å². The van der Waals surface area contributed by atoms with Crippen molar-refractivity contribution in [2.75, 3.05) is 0 Å². The molecule has 3 atom stereocenters. The van der Waals surface area contributed by atoms with Crippen LogP contribution in [0.2, 0.25) is 0 Å². The molecule has 1 N–H and O–H groups in total. The van der Waals surface area contributed by atoms with Crippen LogP contribution in [-0.2, 0) is 16.4 Å². The average Bonchev–Trinajstić information content (AvgIpc) is 2.72. The van der Waals surface area contributed by atoms with Crippen LogP contribution in [0.5, 0.6) is 0 Å². The molecule has 1 aliphatic rings. The van der Waals surface area contributed by atoms with Crippen molar-refractivity contribution in [2.45, 2.75) is 30.5 Å². The van der Waals surface area contributed by atoms with E-state index in [1.165, 1.54) is 4.31 Å². The summed E-state index contributed by atoms with van der Waals surface area (Å²) in [4.78, 5) is 0.200. The van der Waals surface area contributed by atoms with Crippen LogP contribution in [-0.4, -0.2) is 24.1 Å². The molecule has 4 nitrogen and oxygen atoms in total. The first-order valence-electron chi connectivity index (χ1n) is 9.36. The van der Waals surface area contributed by atoms with Crippen molar-refractivity contribution in [3.05, 3.63) is 102 Å². The van der Waals surface area contributed by atoms with Gasteiger partial charge >= 0.3 is 0 Å². The summed E-state index contributed by atoms with van der Waals surface area (Å²) in [5.74, 6) is -0.206. The lowest BCUT2D eigenvalue weighted by Gasteiger charge is -2.52. The fraction of sp³-hybridized carbons (Fsp3) is 0.217. The van der Waals surface area contributed by atoms with Gasteiger partial charge in [0.25, 0.3) is 0 Å². The molecule has 1 fully saturated rings. The van der Waals surface area contributed by atoms with Crippen molar-refractivity contribution in [2.24, 2.45) is 5.92 Å². The lowest BCUT2D eigenvalue weighted by Crippen LogP contribution is -2.61. The monoisotopic (exact) mass is 393 g/mol. The summed E-state index contributed by atoms with van der Waals surface area (Å²) >= 11 is 0. The van der Waals surface area contributed by atoms with Crippen LogP contribution < -0.4 is 0 Å². The normalized spacial score (nSPS) is 22.6. The second-order valence-corrected chi connectivity index (χ2v) is 9.06. The van der Waals surface area contributed by atoms with Gasteiger partial charge in [-0.25, -0.2) is 8.42 Å². The third-order valence-electron chi connectivity index (χ3n) is 5.46. The van der Waals surface area contributed by atoms with Crippen LogP contribution in [0.1, 0.15) is 22.7 Å². The second-order valence-electron chi connectivity index (χ2n) is 7.22. The number of hydrogen-bond acceptors (Lipinski definition) is 3. The Bertz CT molecular complexity index is 1050. The van der Waals surface area contributed by atoms with E-state index in [1.807, 2.05) is 61.5 Å². The molecule has 0 unspecified atom stereocenters. The van der Waals surface area contributed by atoms with Gasteiger partial charge in [0.1, 0.15) is 6.23 Å². The molecule has 144 valence electrons. The lowest BCUT2D eigenvalue weighted by atomic mass is 9.78. The summed E-state index contributed by atoms with van der Waals surface area (Å²) in [7, 11) is -3.81. The fourth-order valence-corrected chi connectivity index (χ4v) is 5.75. The zero-order valence-corrected chi connectivity index (χ0v) is 16.5. The molecule has 0 amide bonds. The first kappa shape index (κ1) is 18.9. The minimum absolute atomic E-state index is 0.200. The highest BCUT2D eigenvalue weighted by Gasteiger charge is 2.54. The molecule has 1 heterocycles. The standard InChI is InChI=1S/C23H23NO3S/c1-17-10-8-9-15-20(17)22-21(16-18-11-4-2-5-12-18)23(25)24(22)28(26,27)19-13-6-3-7-14-19/h2-15,21-23,25H,16H2,1H3/t21-,22-,23+/m1/s1. The maximum Gasteiger partial charge on any atom is 0.245 e. The van der Waals surface area contributed by atoms with Gasteiger partial charge < -0.3 is 5.11 Å². The lowest BCUT2D eigenvalue weighted by molar-refractivity contribution is -0.123. The van der Waals surface area contributed by atoms with Gasteiger partial charge in [0.05, 0.1) is 10.9 Å². The first-order chi connectivity index (χ1) is 13.5. The highest BCUT2D eigenvalue weighted by Crippen LogP contribution is 2.48. The Labute approximate surface area is 166 Å². The summed E-state index contributed by atoms with van der Waals surface area (Å²) in [6.07, 6.45) is -0.447. The number of rotatable bonds is 5. The van der Waals surface area contributed by atoms with Crippen LogP contribution >= 0.6 is 0 Å². The van der Waals surface area contributed by atoms with Gasteiger partial charge in [0, 0.05) is 5.92 Å². The highest BCUT2D eigenvalue weighted by molar-refractivity contribution is 7.89. The molecule has 0 aliphatic carbocycles. The van der Waals surface area contributed by atoms with Crippen LogP contribution in [0.15, 0.2) is 89.8 Å². The molecule has 0 aromatic heterocycles. The minimum Gasteiger partial charge on any atom is -0.377 e. The van der Waals surface area contributed by atoms with E-state index in [2.05, 4.69) is 0 Å². The topological polar surface area (TPSA) is 57.6 Å². The summed E-state index contributed by atoms with van der Waals surface area (Å²) in [6, 6.07) is 25.6. The van der Waals surface area contributed by atoms with Crippen molar-refractivity contribution < 1.29 is 13.5 Å². The van der Waals surface area contributed by atoms with Gasteiger partial charge in [0.15, 0.2) is 0 Å².